The Kier molecular flexibility index (Phi) is 3.94. The van der Waals surface area contributed by atoms with Crippen molar-refractivity contribution in [1.82, 2.24) is 5.43 Å². The lowest BCUT2D eigenvalue weighted by Crippen LogP contribution is -2.40. The van der Waals surface area contributed by atoms with Gasteiger partial charge in [-0.1, -0.05) is 13.0 Å². The van der Waals surface area contributed by atoms with Gasteiger partial charge in [0.2, 0.25) is 0 Å². The van der Waals surface area contributed by atoms with Crippen LogP contribution in [0, 0.1) is 24.5 Å². The fourth-order valence-electron chi connectivity index (χ4n) is 2.45. The molecule has 3 nitrogen and oxygen atoms in total. The molecule has 2 rings (SSSR count). The van der Waals surface area contributed by atoms with E-state index in [0.29, 0.717) is 12.2 Å². The van der Waals surface area contributed by atoms with Crippen molar-refractivity contribution < 1.29 is 13.5 Å². The Labute approximate surface area is 105 Å². The molecule has 18 heavy (non-hydrogen) atoms. The van der Waals surface area contributed by atoms with E-state index in [-0.39, 0.29) is 17.6 Å². The highest BCUT2D eigenvalue weighted by atomic mass is 19.1. The third-order valence-electron chi connectivity index (χ3n) is 3.58. The van der Waals surface area contributed by atoms with E-state index in [2.05, 4.69) is 5.43 Å². The summed E-state index contributed by atoms with van der Waals surface area (Å²) in [4.78, 5) is 0. The number of halogens is 2. The third kappa shape index (κ3) is 2.25. The van der Waals surface area contributed by atoms with Gasteiger partial charge in [-0.25, -0.2) is 8.78 Å². The summed E-state index contributed by atoms with van der Waals surface area (Å²) >= 11 is 0. The van der Waals surface area contributed by atoms with Crippen LogP contribution in [0.4, 0.5) is 8.78 Å². The van der Waals surface area contributed by atoms with Gasteiger partial charge in [0.1, 0.15) is 11.6 Å². The summed E-state index contributed by atoms with van der Waals surface area (Å²) in [5, 5.41) is 0. The third-order valence-corrected chi connectivity index (χ3v) is 3.58. The quantitative estimate of drug-likeness (QED) is 0.644. The molecule has 1 aliphatic heterocycles. The molecule has 0 saturated carbocycles. The summed E-state index contributed by atoms with van der Waals surface area (Å²) in [5.41, 5.74) is 2.86. The first-order valence-electron chi connectivity index (χ1n) is 6.08. The molecule has 1 aromatic carbocycles. The smallest absolute Gasteiger partial charge is 0.133 e. The second-order valence-electron chi connectivity index (χ2n) is 4.84. The zero-order chi connectivity index (χ0) is 13.3. The Morgan fingerprint density at radius 2 is 2.17 bits per heavy atom. The molecule has 0 radical (unpaired) electrons. The zero-order valence-corrected chi connectivity index (χ0v) is 10.5. The second-order valence-corrected chi connectivity index (χ2v) is 4.84. The average molecular weight is 256 g/mol. The lowest BCUT2D eigenvalue weighted by molar-refractivity contribution is 0.0583. The van der Waals surface area contributed by atoms with Crippen molar-refractivity contribution in [3.05, 3.63) is 34.9 Å². The van der Waals surface area contributed by atoms with Crippen molar-refractivity contribution in [2.45, 2.75) is 32.4 Å². The van der Waals surface area contributed by atoms with Gasteiger partial charge in [-0.3, -0.25) is 11.3 Å². The van der Waals surface area contributed by atoms with E-state index in [9.17, 15) is 8.78 Å². The topological polar surface area (TPSA) is 47.3 Å². The van der Waals surface area contributed by atoms with Crippen molar-refractivity contribution in [2.75, 3.05) is 6.61 Å². The minimum absolute atomic E-state index is 0.0312. The highest BCUT2D eigenvalue weighted by molar-refractivity contribution is 5.30. The predicted octanol–water partition coefficient (Wildman–Crippen LogP) is 2.20. The molecule has 0 spiro atoms. The van der Waals surface area contributed by atoms with Gasteiger partial charge in [-0.2, -0.15) is 0 Å². The summed E-state index contributed by atoms with van der Waals surface area (Å²) in [6, 6.07) is 2.01. The molecule has 0 aliphatic carbocycles. The molecule has 1 heterocycles. The molecular weight excluding hydrogens is 238 g/mol. The van der Waals surface area contributed by atoms with Crippen molar-refractivity contribution in [2.24, 2.45) is 11.8 Å². The maximum absolute atomic E-state index is 14.1. The number of nitrogens with two attached hydrogens (primary N) is 1. The fraction of sp³-hybridized carbons (Fsp3) is 0.538. The Morgan fingerprint density at radius 3 is 2.72 bits per heavy atom. The molecule has 3 unspecified atom stereocenters. The van der Waals surface area contributed by atoms with Crippen molar-refractivity contribution >= 4 is 0 Å². The number of hydrogen-bond acceptors (Lipinski definition) is 3. The monoisotopic (exact) mass is 256 g/mol. The van der Waals surface area contributed by atoms with Crippen LogP contribution in [-0.2, 0) is 4.74 Å². The van der Waals surface area contributed by atoms with Gasteiger partial charge in [-0.15, -0.1) is 0 Å². The van der Waals surface area contributed by atoms with Crippen LogP contribution in [0.2, 0.25) is 0 Å². The largest absolute Gasteiger partial charge is 0.376 e. The molecule has 0 amide bonds. The Morgan fingerprint density at radius 1 is 1.44 bits per heavy atom. The number of rotatable bonds is 3. The summed E-state index contributed by atoms with van der Waals surface area (Å²) < 4.78 is 33.5. The lowest BCUT2D eigenvalue weighted by Gasteiger charge is -2.26. The molecule has 1 saturated heterocycles. The Hall–Kier alpha value is -1.04. The Bertz CT molecular complexity index is 439. The molecule has 5 heteroatoms. The lowest BCUT2D eigenvalue weighted by atomic mass is 9.91. The summed E-state index contributed by atoms with van der Waals surface area (Å²) in [5.74, 6) is 4.54. The highest BCUT2D eigenvalue weighted by Crippen LogP contribution is 2.33. The standard InChI is InChI=1S/C13H18F2N2O/c1-7-3-4-9(14)10(11(7)15)12(17-16)13-8(2)5-6-18-13/h3-4,8,12-13,17H,5-6,16H2,1-2H3. The van der Waals surface area contributed by atoms with Crippen LogP contribution in [-0.4, -0.2) is 12.7 Å². The summed E-state index contributed by atoms with van der Waals surface area (Å²) in [6.45, 7) is 4.19. The van der Waals surface area contributed by atoms with E-state index in [0.717, 1.165) is 6.42 Å². The molecule has 0 bridgehead atoms. The number of nitrogens with one attached hydrogen (secondary N) is 1. The first-order chi connectivity index (χ1) is 8.56. The minimum atomic E-state index is -0.664. The van der Waals surface area contributed by atoms with Gasteiger partial charge in [-0.05, 0) is 30.9 Å². The van der Waals surface area contributed by atoms with Crippen LogP contribution >= 0.6 is 0 Å². The first kappa shape index (κ1) is 13.4. The van der Waals surface area contributed by atoms with Crippen LogP contribution in [0.15, 0.2) is 12.1 Å². The molecule has 100 valence electrons. The Balaban J connectivity index is 2.41. The second kappa shape index (κ2) is 5.30. The fourth-order valence-corrected chi connectivity index (χ4v) is 2.45. The number of hydrogen-bond donors (Lipinski definition) is 2. The number of ether oxygens (including phenoxy) is 1. The van der Waals surface area contributed by atoms with E-state index >= 15 is 0 Å². The van der Waals surface area contributed by atoms with Gasteiger partial charge in [0.15, 0.2) is 0 Å². The molecule has 1 aliphatic rings. The maximum atomic E-state index is 14.1. The van der Waals surface area contributed by atoms with E-state index < -0.39 is 17.7 Å². The molecule has 3 atom stereocenters. The summed E-state index contributed by atoms with van der Waals surface area (Å²) in [7, 11) is 0. The van der Waals surface area contributed by atoms with E-state index in [1.807, 2.05) is 6.92 Å². The van der Waals surface area contributed by atoms with Crippen molar-refractivity contribution in [3.63, 3.8) is 0 Å². The van der Waals surface area contributed by atoms with Crippen molar-refractivity contribution in [1.29, 1.82) is 0 Å². The van der Waals surface area contributed by atoms with Gasteiger partial charge >= 0.3 is 0 Å². The van der Waals surface area contributed by atoms with E-state index in [1.165, 1.54) is 12.1 Å². The summed E-state index contributed by atoms with van der Waals surface area (Å²) in [6.07, 6.45) is 0.568. The highest BCUT2D eigenvalue weighted by Gasteiger charge is 2.35. The SMILES string of the molecule is Cc1ccc(F)c(C(NN)C2OCCC2C)c1F. The van der Waals surface area contributed by atoms with Crippen LogP contribution in [0.5, 0.6) is 0 Å². The first-order valence-corrected chi connectivity index (χ1v) is 6.08. The average Bonchev–Trinajstić information content (AvgIpc) is 2.76. The number of hydrazine groups is 1. The van der Waals surface area contributed by atoms with Gasteiger partial charge < -0.3 is 4.74 Å². The zero-order valence-electron chi connectivity index (χ0n) is 10.5. The van der Waals surface area contributed by atoms with Crippen LogP contribution in [0.25, 0.3) is 0 Å². The molecule has 1 aromatic rings. The number of aryl methyl sites for hydroxylation is 1. The molecule has 3 N–H and O–H groups in total. The molecular formula is C13H18F2N2O. The van der Waals surface area contributed by atoms with Crippen LogP contribution < -0.4 is 11.3 Å². The minimum Gasteiger partial charge on any atom is -0.376 e. The molecule has 1 fully saturated rings. The van der Waals surface area contributed by atoms with Gasteiger partial charge in [0.05, 0.1) is 12.1 Å². The van der Waals surface area contributed by atoms with Crippen LogP contribution in [0.1, 0.15) is 30.5 Å². The predicted molar refractivity (Wildman–Crippen MR) is 64.7 cm³/mol. The molecule has 0 aromatic heterocycles. The van der Waals surface area contributed by atoms with Crippen molar-refractivity contribution in [3.8, 4) is 0 Å². The van der Waals surface area contributed by atoms with Crippen LogP contribution in [0.3, 0.4) is 0 Å². The number of benzene rings is 1. The normalized spacial score (nSPS) is 25.4. The van der Waals surface area contributed by atoms with Gasteiger partial charge in [0, 0.05) is 12.2 Å². The van der Waals surface area contributed by atoms with E-state index in [1.54, 1.807) is 6.92 Å². The van der Waals surface area contributed by atoms with Gasteiger partial charge in [0.25, 0.3) is 0 Å². The maximum Gasteiger partial charge on any atom is 0.133 e. The van der Waals surface area contributed by atoms with E-state index in [4.69, 9.17) is 10.6 Å².